The topological polar surface area (TPSA) is 41.1 Å². The highest BCUT2D eigenvalue weighted by atomic mass is 35.5. The molecular formula is C15H21ClN2OS. The van der Waals surface area contributed by atoms with Gasteiger partial charge in [-0.2, -0.15) is 0 Å². The number of fused-ring (bicyclic) bond motifs is 1. The molecule has 1 aromatic carbocycles. The van der Waals surface area contributed by atoms with E-state index in [-0.39, 0.29) is 24.4 Å². The summed E-state index contributed by atoms with van der Waals surface area (Å²) in [5.41, 5.74) is 1.28. The molecule has 2 N–H and O–H groups in total. The van der Waals surface area contributed by atoms with Crippen molar-refractivity contribution in [3.8, 4) is 0 Å². The van der Waals surface area contributed by atoms with Gasteiger partial charge in [0, 0.05) is 17.1 Å². The minimum absolute atomic E-state index is 0. The number of thioether (sulfide) groups is 1. The molecule has 2 heterocycles. The van der Waals surface area contributed by atoms with Crippen molar-refractivity contribution in [2.45, 2.75) is 30.2 Å². The fourth-order valence-corrected chi connectivity index (χ4v) is 4.01. The first-order valence-corrected chi connectivity index (χ1v) is 8.03. The van der Waals surface area contributed by atoms with Gasteiger partial charge in [-0.1, -0.05) is 18.2 Å². The maximum Gasteiger partial charge on any atom is 0.220 e. The average Bonchev–Trinajstić information content (AvgIpc) is 3.07. The van der Waals surface area contributed by atoms with Crippen LogP contribution >= 0.6 is 24.2 Å². The lowest BCUT2D eigenvalue weighted by Crippen LogP contribution is -2.28. The second-order valence-corrected chi connectivity index (χ2v) is 6.43. The predicted octanol–water partition coefficient (Wildman–Crippen LogP) is 2.76. The molecule has 2 atom stereocenters. The van der Waals surface area contributed by atoms with Crippen LogP contribution in [0, 0.1) is 5.92 Å². The second-order valence-electron chi connectivity index (χ2n) is 5.37. The molecule has 0 aromatic heterocycles. The van der Waals surface area contributed by atoms with Gasteiger partial charge in [0.2, 0.25) is 5.91 Å². The highest BCUT2D eigenvalue weighted by Crippen LogP contribution is 2.37. The van der Waals surface area contributed by atoms with Crippen LogP contribution in [-0.4, -0.2) is 24.7 Å². The van der Waals surface area contributed by atoms with E-state index in [0.717, 1.165) is 25.3 Å². The lowest BCUT2D eigenvalue weighted by molar-refractivity contribution is -0.122. The van der Waals surface area contributed by atoms with Crippen LogP contribution in [0.25, 0.3) is 0 Å². The zero-order chi connectivity index (χ0) is 13.1. The number of nitrogens with one attached hydrogen (secondary N) is 2. The Morgan fingerprint density at radius 2 is 2.25 bits per heavy atom. The molecule has 2 aliphatic heterocycles. The normalized spacial score (nSPS) is 24.0. The van der Waals surface area contributed by atoms with E-state index in [2.05, 4.69) is 28.8 Å². The van der Waals surface area contributed by atoms with E-state index in [0.29, 0.717) is 12.3 Å². The van der Waals surface area contributed by atoms with Crippen molar-refractivity contribution in [1.82, 2.24) is 10.6 Å². The number of halogens is 1. The van der Waals surface area contributed by atoms with Gasteiger partial charge in [-0.15, -0.1) is 24.2 Å². The summed E-state index contributed by atoms with van der Waals surface area (Å²) >= 11 is 1.84. The van der Waals surface area contributed by atoms with E-state index >= 15 is 0 Å². The molecule has 2 aliphatic rings. The summed E-state index contributed by atoms with van der Waals surface area (Å²) in [6, 6.07) is 8.57. The standard InChI is InChI=1S/C15H20N2OS.ClH/c18-15(6-5-11-7-8-16-9-11)17-13-10-19-14-4-2-1-3-12(13)14;/h1-4,11,13,16H,5-10H2,(H,17,18);1H. The predicted molar refractivity (Wildman–Crippen MR) is 85.5 cm³/mol. The highest BCUT2D eigenvalue weighted by Gasteiger charge is 2.24. The maximum atomic E-state index is 12.0. The van der Waals surface area contributed by atoms with Crippen molar-refractivity contribution in [1.29, 1.82) is 0 Å². The quantitative estimate of drug-likeness (QED) is 0.898. The first-order chi connectivity index (χ1) is 9.33. The molecular weight excluding hydrogens is 292 g/mol. The van der Waals surface area contributed by atoms with Crippen LogP contribution in [0.2, 0.25) is 0 Å². The first kappa shape index (κ1) is 15.7. The van der Waals surface area contributed by atoms with Crippen LogP contribution < -0.4 is 10.6 Å². The van der Waals surface area contributed by atoms with E-state index in [1.165, 1.54) is 16.9 Å². The molecule has 1 amide bonds. The van der Waals surface area contributed by atoms with E-state index in [9.17, 15) is 4.79 Å². The van der Waals surface area contributed by atoms with Crippen LogP contribution in [0.1, 0.15) is 30.9 Å². The zero-order valence-electron chi connectivity index (χ0n) is 11.4. The minimum atomic E-state index is 0. The van der Waals surface area contributed by atoms with Gasteiger partial charge in [-0.05, 0) is 43.5 Å². The summed E-state index contributed by atoms with van der Waals surface area (Å²) in [5, 5.41) is 6.53. The smallest absolute Gasteiger partial charge is 0.220 e. The number of hydrogen-bond donors (Lipinski definition) is 2. The number of carbonyl (C=O) groups excluding carboxylic acids is 1. The third-order valence-electron chi connectivity index (χ3n) is 3.98. The molecule has 5 heteroatoms. The molecule has 1 saturated heterocycles. The molecule has 0 radical (unpaired) electrons. The lowest BCUT2D eigenvalue weighted by atomic mass is 10.0. The number of amides is 1. The van der Waals surface area contributed by atoms with Crippen molar-refractivity contribution < 1.29 is 4.79 Å². The molecule has 1 aromatic rings. The van der Waals surface area contributed by atoms with E-state index in [1.807, 2.05) is 17.8 Å². The Kier molecular flexibility index (Phi) is 5.75. The Balaban J connectivity index is 0.00000147. The summed E-state index contributed by atoms with van der Waals surface area (Å²) in [6.45, 7) is 2.19. The molecule has 3 rings (SSSR count). The Morgan fingerprint density at radius 1 is 1.40 bits per heavy atom. The van der Waals surface area contributed by atoms with Crippen molar-refractivity contribution in [3.63, 3.8) is 0 Å². The van der Waals surface area contributed by atoms with Crippen molar-refractivity contribution in [2.24, 2.45) is 5.92 Å². The number of hydrogen-bond acceptors (Lipinski definition) is 3. The molecule has 0 bridgehead atoms. The van der Waals surface area contributed by atoms with Crippen LogP contribution in [-0.2, 0) is 4.79 Å². The molecule has 1 fully saturated rings. The highest BCUT2D eigenvalue weighted by molar-refractivity contribution is 7.99. The van der Waals surface area contributed by atoms with Crippen molar-refractivity contribution >= 4 is 30.1 Å². The SMILES string of the molecule is Cl.O=C(CCC1CCNC1)NC1CSc2ccccc21. The van der Waals surface area contributed by atoms with E-state index in [4.69, 9.17) is 0 Å². The Morgan fingerprint density at radius 3 is 3.05 bits per heavy atom. The summed E-state index contributed by atoms with van der Waals surface area (Å²) in [7, 11) is 0. The maximum absolute atomic E-state index is 12.0. The average molecular weight is 313 g/mol. The van der Waals surface area contributed by atoms with Gasteiger partial charge in [-0.3, -0.25) is 4.79 Å². The summed E-state index contributed by atoms with van der Waals surface area (Å²) in [6.07, 6.45) is 2.89. The third kappa shape index (κ3) is 3.68. The van der Waals surface area contributed by atoms with E-state index in [1.54, 1.807) is 0 Å². The van der Waals surface area contributed by atoms with Gasteiger partial charge in [0.05, 0.1) is 6.04 Å². The van der Waals surface area contributed by atoms with Crippen LogP contribution in [0.4, 0.5) is 0 Å². The minimum Gasteiger partial charge on any atom is -0.348 e. The van der Waals surface area contributed by atoms with E-state index < -0.39 is 0 Å². The lowest BCUT2D eigenvalue weighted by Gasteiger charge is -2.14. The Labute approximate surface area is 130 Å². The van der Waals surface area contributed by atoms with Crippen LogP contribution in [0.15, 0.2) is 29.2 Å². The van der Waals surface area contributed by atoms with Gasteiger partial charge in [0.25, 0.3) is 0 Å². The second kappa shape index (κ2) is 7.34. The summed E-state index contributed by atoms with van der Waals surface area (Å²) < 4.78 is 0. The fraction of sp³-hybridized carbons (Fsp3) is 0.533. The van der Waals surface area contributed by atoms with Crippen molar-refractivity contribution in [2.75, 3.05) is 18.8 Å². The van der Waals surface area contributed by atoms with Crippen LogP contribution in [0.5, 0.6) is 0 Å². The summed E-state index contributed by atoms with van der Waals surface area (Å²) in [4.78, 5) is 13.3. The van der Waals surface area contributed by atoms with Gasteiger partial charge in [-0.25, -0.2) is 0 Å². The van der Waals surface area contributed by atoms with Gasteiger partial charge in [0.15, 0.2) is 0 Å². The number of rotatable bonds is 4. The van der Waals surface area contributed by atoms with Gasteiger partial charge < -0.3 is 10.6 Å². The first-order valence-electron chi connectivity index (χ1n) is 7.05. The molecule has 3 nitrogen and oxygen atoms in total. The number of benzene rings is 1. The van der Waals surface area contributed by atoms with Gasteiger partial charge in [0.1, 0.15) is 0 Å². The Hall–Kier alpha value is -0.710. The monoisotopic (exact) mass is 312 g/mol. The molecule has 110 valence electrons. The molecule has 0 spiro atoms. The zero-order valence-corrected chi connectivity index (χ0v) is 13.1. The molecule has 20 heavy (non-hydrogen) atoms. The molecule has 0 saturated carbocycles. The summed E-state index contributed by atoms with van der Waals surface area (Å²) in [5.74, 6) is 1.86. The fourth-order valence-electron chi connectivity index (χ4n) is 2.84. The Bertz CT molecular complexity index is 463. The molecule has 2 unspecified atom stereocenters. The van der Waals surface area contributed by atoms with Crippen molar-refractivity contribution in [3.05, 3.63) is 29.8 Å². The largest absolute Gasteiger partial charge is 0.348 e. The number of carbonyl (C=O) groups is 1. The van der Waals surface area contributed by atoms with Gasteiger partial charge >= 0.3 is 0 Å². The van der Waals surface area contributed by atoms with Crippen LogP contribution in [0.3, 0.4) is 0 Å². The molecule has 0 aliphatic carbocycles. The third-order valence-corrected chi connectivity index (χ3v) is 5.16.